The van der Waals surface area contributed by atoms with E-state index in [9.17, 15) is 27.9 Å². The number of carbonyl (C=O) groups is 2. The van der Waals surface area contributed by atoms with E-state index in [4.69, 9.17) is 19.2 Å². The molecule has 2 aliphatic heterocycles. The summed E-state index contributed by atoms with van der Waals surface area (Å²) in [6.45, 7) is 4.74. The number of ether oxygens (including phenoxy) is 3. The Morgan fingerprint density at radius 1 is 1.04 bits per heavy atom. The number of aromatic nitrogens is 2. The van der Waals surface area contributed by atoms with Crippen LogP contribution in [0.15, 0.2) is 87.5 Å². The number of rotatable bonds is 10. The third-order valence-corrected chi connectivity index (χ3v) is 11.3. The summed E-state index contributed by atoms with van der Waals surface area (Å²) in [6.07, 6.45) is 0.566. The van der Waals surface area contributed by atoms with Crippen LogP contribution in [0, 0.1) is 6.92 Å². The molecule has 54 heavy (non-hydrogen) atoms. The number of sulfonamides is 1. The van der Waals surface area contributed by atoms with Crippen molar-refractivity contribution in [1.82, 2.24) is 14.3 Å². The fourth-order valence-corrected chi connectivity index (χ4v) is 8.15. The topological polar surface area (TPSA) is 175 Å². The lowest BCUT2D eigenvalue weighted by atomic mass is 9.85. The standard InChI is InChI=1S/C40H38N4O9S/c1-5-28-29-18-25(45)11-16-33(29)42-37-30(28)21-44-34(37)19-32-31(38(44)47)22-52-39(48)40(32,6-2)53-36(46)20-41-35(17-24-9-12-26(51-4)13-10-24)43-54(49,50)27-14-7-23(3)8-15-27/h7-16,18-19,45H,5-6,17,20-22H2,1-4H3,(H,41,43)/t40-/m0/s1. The maximum absolute atomic E-state index is 14.1. The third-order valence-electron chi connectivity index (χ3n) is 9.91. The van der Waals surface area contributed by atoms with E-state index in [1.165, 1.54) is 19.2 Å². The van der Waals surface area contributed by atoms with Gasteiger partial charge >= 0.3 is 11.9 Å². The van der Waals surface area contributed by atoms with Gasteiger partial charge in [-0.15, -0.1) is 0 Å². The lowest BCUT2D eigenvalue weighted by Gasteiger charge is -2.35. The van der Waals surface area contributed by atoms with Crippen molar-refractivity contribution in [3.63, 3.8) is 0 Å². The zero-order valence-corrected chi connectivity index (χ0v) is 31.0. The molecule has 0 unspecified atom stereocenters. The van der Waals surface area contributed by atoms with Crippen molar-refractivity contribution in [2.24, 2.45) is 4.99 Å². The second-order valence-corrected chi connectivity index (χ2v) is 14.9. The number of nitrogens with zero attached hydrogens (tertiary/aromatic N) is 3. The van der Waals surface area contributed by atoms with Gasteiger partial charge in [0, 0.05) is 22.9 Å². The maximum atomic E-state index is 14.1. The molecule has 2 aromatic heterocycles. The minimum absolute atomic E-state index is 0.00944. The zero-order valence-electron chi connectivity index (χ0n) is 30.1. The lowest BCUT2D eigenvalue weighted by molar-refractivity contribution is -0.188. The first-order valence-corrected chi connectivity index (χ1v) is 18.9. The number of phenols is 1. The molecule has 1 atom stereocenters. The lowest BCUT2D eigenvalue weighted by Crippen LogP contribution is -2.48. The summed E-state index contributed by atoms with van der Waals surface area (Å²) in [5.74, 6) is -1.11. The van der Waals surface area contributed by atoms with Crippen LogP contribution in [0.5, 0.6) is 11.5 Å². The molecule has 0 spiro atoms. The molecule has 3 aromatic carbocycles. The highest BCUT2D eigenvalue weighted by molar-refractivity contribution is 7.90. The van der Waals surface area contributed by atoms with Gasteiger partial charge in [0.05, 0.1) is 41.0 Å². The molecule has 2 aliphatic rings. The number of pyridine rings is 2. The molecular formula is C40H38N4O9S. The molecule has 0 amide bonds. The van der Waals surface area contributed by atoms with Crippen LogP contribution in [-0.2, 0) is 60.7 Å². The Bertz CT molecular complexity index is 2530. The summed E-state index contributed by atoms with van der Waals surface area (Å²) in [5.41, 5.74) is 2.99. The highest BCUT2D eigenvalue weighted by atomic mass is 32.2. The molecule has 2 N–H and O–H groups in total. The quantitative estimate of drug-likeness (QED) is 0.112. The van der Waals surface area contributed by atoms with E-state index in [1.54, 1.807) is 72.2 Å². The van der Waals surface area contributed by atoms with E-state index in [0.717, 1.165) is 22.1 Å². The fourth-order valence-electron chi connectivity index (χ4n) is 7.09. The molecule has 0 aliphatic carbocycles. The van der Waals surface area contributed by atoms with Crippen LogP contribution in [0.1, 0.15) is 53.6 Å². The molecular weight excluding hydrogens is 713 g/mol. The number of aromatic hydroxyl groups is 1. The number of methoxy groups -OCH3 is 1. The minimum Gasteiger partial charge on any atom is -0.508 e. The van der Waals surface area contributed by atoms with Gasteiger partial charge in [-0.05, 0) is 79.4 Å². The molecule has 4 heterocycles. The number of carbonyl (C=O) groups excluding carboxylic acids is 2. The van der Waals surface area contributed by atoms with Crippen molar-refractivity contribution in [3.8, 4) is 22.9 Å². The van der Waals surface area contributed by atoms with Crippen molar-refractivity contribution in [3.05, 3.63) is 117 Å². The molecule has 5 aromatic rings. The van der Waals surface area contributed by atoms with E-state index in [2.05, 4.69) is 9.71 Å². The highest BCUT2D eigenvalue weighted by Gasteiger charge is 2.50. The molecule has 7 rings (SSSR count). The number of phenolic OH excluding ortho intramolecular Hbond substituents is 1. The Balaban J connectivity index is 1.23. The van der Waals surface area contributed by atoms with Crippen molar-refractivity contribution >= 4 is 38.7 Å². The van der Waals surface area contributed by atoms with Crippen LogP contribution in [0.2, 0.25) is 0 Å². The van der Waals surface area contributed by atoms with Crippen molar-refractivity contribution in [2.45, 2.75) is 63.7 Å². The Kier molecular flexibility index (Phi) is 9.48. The number of cyclic esters (lactones) is 1. The van der Waals surface area contributed by atoms with Crippen LogP contribution in [0.3, 0.4) is 0 Å². The molecule has 278 valence electrons. The van der Waals surface area contributed by atoms with Crippen LogP contribution < -0.4 is 15.0 Å². The summed E-state index contributed by atoms with van der Waals surface area (Å²) >= 11 is 0. The number of aliphatic imine (C=N–C) groups is 1. The van der Waals surface area contributed by atoms with Crippen molar-refractivity contribution < 1.29 is 37.3 Å². The number of hydrogen-bond acceptors (Lipinski definition) is 11. The minimum atomic E-state index is -4.09. The van der Waals surface area contributed by atoms with Gasteiger partial charge in [-0.2, -0.15) is 0 Å². The first-order valence-electron chi connectivity index (χ1n) is 17.4. The van der Waals surface area contributed by atoms with Gasteiger partial charge in [0.15, 0.2) is 0 Å². The van der Waals surface area contributed by atoms with Crippen molar-refractivity contribution in [2.75, 3.05) is 13.7 Å². The highest BCUT2D eigenvalue weighted by Crippen LogP contribution is 2.42. The molecule has 0 fully saturated rings. The summed E-state index contributed by atoms with van der Waals surface area (Å²) in [7, 11) is -2.56. The Hall–Kier alpha value is -6.02. The average molecular weight is 751 g/mol. The Morgan fingerprint density at radius 3 is 2.46 bits per heavy atom. The van der Waals surface area contributed by atoms with Gasteiger partial charge in [0.25, 0.3) is 15.6 Å². The summed E-state index contributed by atoms with van der Waals surface area (Å²) < 4.78 is 47.5. The molecule has 0 bridgehead atoms. The number of nitrogens with one attached hydrogen (secondary N) is 1. The number of amidine groups is 1. The van der Waals surface area contributed by atoms with E-state index in [1.807, 2.05) is 13.8 Å². The van der Waals surface area contributed by atoms with Gasteiger partial charge in [0.1, 0.15) is 30.5 Å². The molecule has 14 heteroatoms. The van der Waals surface area contributed by atoms with Crippen molar-refractivity contribution in [1.29, 1.82) is 0 Å². The number of fused-ring (bicyclic) bond motifs is 5. The Labute approximate surface area is 311 Å². The molecule has 0 radical (unpaired) electrons. The number of aryl methyl sites for hydroxylation is 2. The van der Waals surface area contributed by atoms with Crippen LogP contribution in [-0.4, -0.2) is 54.5 Å². The largest absolute Gasteiger partial charge is 0.508 e. The normalized spacial score (nSPS) is 16.3. The van der Waals surface area contributed by atoms with Gasteiger partial charge in [-0.1, -0.05) is 43.7 Å². The SMILES string of the molecule is CCc1c2c(nc3ccc(O)cc13)-c1cc3c(c(=O)n1C2)COC(=O)[C@@]3(CC)OC(=O)CN=C(Cc1ccc(OC)cc1)NS(=O)(=O)c1ccc(C)cc1. The number of benzene rings is 3. The number of esters is 2. The van der Waals surface area contributed by atoms with E-state index in [-0.39, 0.29) is 53.6 Å². The first kappa shape index (κ1) is 36.3. The van der Waals surface area contributed by atoms with E-state index in [0.29, 0.717) is 34.6 Å². The van der Waals surface area contributed by atoms with Gasteiger partial charge in [0.2, 0.25) is 5.60 Å². The molecule has 13 nitrogen and oxygen atoms in total. The molecule has 0 saturated heterocycles. The average Bonchev–Trinajstić information content (AvgIpc) is 3.53. The monoisotopic (exact) mass is 750 g/mol. The van der Waals surface area contributed by atoms with E-state index < -0.39 is 39.7 Å². The zero-order chi connectivity index (χ0) is 38.4. The Morgan fingerprint density at radius 2 is 1.78 bits per heavy atom. The van der Waals surface area contributed by atoms with Crippen LogP contribution in [0.4, 0.5) is 0 Å². The first-order chi connectivity index (χ1) is 25.9. The predicted octanol–water partition coefficient (Wildman–Crippen LogP) is 4.84. The maximum Gasteiger partial charge on any atom is 0.355 e. The van der Waals surface area contributed by atoms with Crippen LogP contribution >= 0.6 is 0 Å². The smallest absolute Gasteiger partial charge is 0.355 e. The van der Waals surface area contributed by atoms with Crippen LogP contribution in [0.25, 0.3) is 22.3 Å². The predicted molar refractivity (Wildman–Crippen MR) is 200 cm³/mol. The summed E-state index contributed by atoms with van der Waals surface area (Å²) in [4.78, 5) is 50.6. The van der Waals surface area contributed by atoms with Gasteiger partial charge in [-0.3, -0.25) is 14.5 Å². The number of hydrogen-bond donors (Lipinski definition) is 2. The van der Waals surface area contributed by atoms with E-state index >= 15 is 0 Å². The fraction of sp³-hybridized carbons (Fsp3) is 0.275. The van der Waals surface area contributed by atoms with Gasteiger partial charge in [-0.25, -0.2) is 23.0 Å². The summed E-state index contributed by atoms with van der Waals surface area (Å²) in [6, 6.07) is 19.8. The second-order valence-electron chi connectivity index (χ2n) is 13.2. The molecule has 0 saturated carbocycles. The second kappa shape index (κ2) is 14.1. The van der Waals surface area contributed by atoms with Gasteiger partial charge < -0.3 is 23.9 Å². The summed E-state index contributed by atoms with van der Waals surface area (Å²) in [5, 5.41) is 11.0. The third kappa shape index (κ3) is 6.46.